The summed E-state index contributed by atoms with van der Waals surface area (Å²) in [7, 11) is 0. The highest BCUT2D eigenvalue weighted by Crippen LogP contribution is 2.32. The summed E-state index contributed by atoms with van der Waals surface area (Å²) >= 11 is 0. The summed E-state index contributed by atoms with van der Waals surface area (Å²) in [6, 6.07) is 4.69. The molecule has 1 aromatic carbocycles. The minimum atomic E-state index is -1.13. The fourth-order valence-corrected chi connectivity index (χ4v) is 4.80. The number of carbonyl (C=O) groups excluding carboxylic acids is 1. The third kappa shape index (κ3) is 4.16. The van der Waals surface area contributed by atoms with Crippen LogP contribution in [0, 0.1) is 17.8 Å². The van der Waals surface area contributed by atoms with Gasteiger partial charge < -0.3 is 15.7 Å². The zero-order valence-corrected chi connectivity index (χ0v) is 17.9. The van der Waals surface area contributed by atoms with Crippen LogP contribution in [0.4, 0.5) is 10.5 Å². The van der Waals surface area contributed by atoms with Crippen molar-refractivity contribution in [2.75, 3.05) is 5.32 Å². The van der Waals surface area contributed by atoms with E-state index in [-0.39, 0.29) is 17.2 Å². The molecule has 0 saturated heterocycles. The van der Waals surface area contributed by atoms with E-state index in [0.29, 0.717) is 54.4 Å². The van der Waals surface area contributed by atoms with Crippen molar-refractivity contribution in [2.24, 2.45) is 17.8 Å². The average molecular weight is 441 g/mol. The predicted octanol–water partition coefficient (Wildman–Crippen LogP) is 2.36. The maximum Gasteiger partial charge on any atom is 0.404 e. The van der Waals surface area contributed by atoms with Crippen LogP contribution in [0.5, 0.6) is 0 Å². The average Bonchev–Trinajstić information content (AvgIpc) is 3.68. The Balaban J connectivity index is 1.47. The highest BCUT2D eigenvalue weighted by Gasteiger charge is 2.34. The molecule has 9 nitrogen and oxygen atoms in total. The van der Waals surface area contributed by atoms with Crippen LogP contribution in [-0.4, -0.2) is 32.3 Å². The normalized spacial score (nSPS) is 22.8. The largest absolute Gasteiger partial charge is 0.465 e. The molecule has 1 heterocycles. The Hall–Kier alpha value is -3.10. The van der Waals surface area contributed by atoms with E-state index in [0.717, 1.165) is 32.1 Å². The first-order valence-electron chi connectivity index (χ1n) is 11.5. The summed E-state index contributed by atoms with van der Waals surface area (Å²) < 4.78 is 3.07. The molecular weight excluding hydrogens is 412 g/mol. The number of amides is 2. The van der Waals surface area contributed by atoms with Gasteiger partial charge in [-0.15, -0.1) is 0 Å². The summed E-state index contributed by atoms with van der Waals surface area (Å²) in [5, 5.41) is 14.7. The van der Waals surface area contributed by atoms with E-state index >= 15 is 0 Å². The third-order valence-corrected chi connectivity index (χ3v) is 6.93. The molecule has 5 rings (SSSR count). The molecule has 0 bridgehead atoms. The fraction of sp³-hybridized carbons (Fsp3) is 0.565. The standard InChI is InChI=1S/C23H28N4O5/c28-20(16-2-1-3-18(16)25-22(30)31)24-15-8-9-19-17(10-15)21(29)27(12-14-6-7-14)23(32)26(19)11-13-4-5-13/h8-10,13-14,16,18,25H,1-7,11-12H2,(H,24,28)(H,30,31)/t16-,18+/m0/s1. The van der Waals surface area contributed by atoms with Crippen molar-refractivity contribution in [3.05, 3.63) is 39.0 Å². The van der Waals surface area contributed by atoms with Crippen LogP contribution in [0.3, 0.4) is 0 Å². The third-order valence-electron chi connectivity index (χ3n) is 6.93. The van der Waals surface area contributed by atoms with E-state index in [1.54, 1.807) is 22.8 Å². The van der Waals surface area contributed by atoms with Crippen molar-refractivity contribution >= 4 is 28.6 Å². The second-order valence-corrected chi connectivity index (χ2v) is 9.51. The van der Waals surface area contributed by atoms with E-state index in [4.69, 9.17) is 5.11 Å². The van der Waals surface area contributed by atoms with Gasteiger partial charge in [-0.25, -0.2) is 9.59 Å². The zero-order chi connectivity index (χ0) is 22.4. The number of benzene rings is 1. The lowest BCUT2D eigenvalue weighted by Crippen LogP contribution is -2.41. The van der Waals surface area contributed by atoms with Gasteiger partial charge in [0.25, 0.3) is 5.56 Å². The molecule has 2 atom stereocenters. The summed E-state index contributed by atoms with van der Waals surface area (Å²) in [4.78, 5) is 50.1. The Morgan fingerprint density at radius 2 is 1.66 bits per heavy atom. The van der Waals surface area contributed by atoms with Crippen LogP contribution in [-0.2, 0) is 17.9 Å². The van der Waals surface area contributed by atoms with Crippen LogP contribution in [0.1, 0.15) is 44.9 Å². The van der Waals surface area contributed by atoms with Gasteiger partial charge in [0.1, 0.15) is 0 Å². The van der Waals surface area contributed by atoms with Gasteiger partial charge in [-0.3, -0.25) is 18.7 Å². The van der Waals surface area contributed by atoms with E-state index in [2.05, 4.69) is 10.6 Å². The van der Waals surface area contributed by atoms with Crippen LogP contribution < -0.4 is 21.9 Å². The van der Waals surface area contributed by atoms with Crippen LogP contribution in [0.25, 0.3) is 10.9 Å². The predicted molar refractivity (Wildman–Crippen MR) is 119 cm³/mol. The van der Waals surface area contributed by atoms with Gasteiger partial charge in [-0.2, -0.15) is 0 Å². The molecule has 3 aliphatic rings. The molecule has 170 valence electrons. The van der Waals surface area contributed by atoms with Gasteiger partial charge in [-0.1, -0.05) is 6.42 Å². The number of rotatable bonds is 7. The number of fused-ring (bicyclic) bond motifs is 1. The second-order valence-electron chi connectivity index (χ2n) is 9.51. The molecule has 3 fully saturated rings. The monoisotopic (exact) mass is 440 g/mol. The quantitative estimate of drug-likeness (QED) is 0.610. The molecule has 0 radical (unpaired) electrons. The molecule has 3 saturated carbocycles. The molecule has 1 aromatic heterocycles. The highest BCUT2D eigenvalue weighted by molar-refractivity contribution is 5.95. The maximum absolute atomic E-state index is 13.2. The van der Waals surface area contributed by atoms with Crippen molar-refractivity contribution in [3.8, 4) is 0 Å². The molecule has 0 aliphatic heterocycles. The van der Waals surface area contributed by atoms with Gasteiger partial charge in [0.15, 0.2) is 0 Å². The lowest BCUT2D eigenvalue weighted by Gasteiger charge is -2.19. The number of carbonyl (C=O) groups is 2. The number of aromatic nitrogens is 2. The highest BCUT2D eigenvalue weighted by atomic mass is 16.4. The lowest BCUT2D eigenvalue weighted by atomic mass is 10.0. The Morgan fingerprint density at radius 1 is 0.969 bits per heavy atom. The summed E-state index contributed by atoms with van der Waals surface area (Å²) in [5.74, 6) is 0.154. The van der Waals surface area contributed by atoms with Gasteiger partial charge >= 0.3 is 11.8 Å². The van der Waals surface area contributed by atoms with Crippen LogP contribution in [0.2, 0.25) is 0 Å². The number of nitrogens with zero attached hydrogens (tertiary/aromatic N) is 2. The van der Waals surface area contributed by atoms with E-state index in [1.165, 1.54) is 4.57 Å². The first-order chi connectivity index (χ1) is 15.4. The van der Waals surface area contributed by atoms with E-state index < -0.39 is 18.1 Å². The molecule has 2 amide bonds. The Labute approximate surface area is 184 Å². The van der Waals surface area contributed by atoms with Crippen molar-refractivity contribution < 1.29 is 14.7 Å². The summed E-state index contributed by atoms with van der Waals surface area (Å²) in [6.45, 7) is 1.05. The van der Waals surface area contributed by atoms with E-state index in [9.17, 15) is 19.2 Å². The Bertz CT molecular complexity index is 1190. The molecule has 0 unspecified atom stereocenters. The molecule has 32 heavy (non-hydrogen) atoms. The fourth-order valence-electron chi connectivity index (χ4n) is 4.80. The molecule has 0 spiro atoms. The first-order valence-corrected chi connectivity index (χ1v) is 11.5. The number of anilines is 1. The lowest BCUT2D eigenvalue weighted by molar-refractivity contribution is -0.120. The number of hydrogen-bond donors (Lipinski definition) is 3. The van der Waals surface area contributed by atoms with Crippen molar-refractivity contribution in [1.29, 1.82) is 0 Å². The molecule has 3 aliphatic carbocycles. The second kappa shape index (κ2) is 8.11. The Kier molecular flexibility index (Phi) is 5.27. The number of carboxylic acid groups (broad SMARTS) is 1. The van der Waals surface area contributed by atoms with Crippen LogP contribution in [0.15, 0.2) is 27.8 Å². The first kappa shape index (κ1) is 20.8. The SMILES string of the molecule is O=C(O)N[C@@H]1CCC[C@@H]1C(=O)Nc1ccc2c(c1)c(=O)n(CC1CC1)c(=O)n2CC1CC1. The van der Waals surface area contributed by atoms with Gasteiger partial charge in [-0.05, 0) is 68.6 Å². The molecule has 2 aromatic rings. The maximum atomic E-state index is 13.2. The summed E-state index contributed by atoms with van der Waals surface area (Å²) in [5.41, 5.74) is 0.524. The number of nitrogens with one attached hydrogen (secondary N) is 2. The minimum absolute atomic E-state index is 0.244. The van der Waals surface area contributed by atoms with E-state index in [1.807, 2.05) is 0 Å². The molecule has 3 N–H and O–H groups in total. The Morgan fingerprint density at radius 3 is 2.31 bits per heavy atom. The van der Waals surface area contributed by atoms with Crippen molar-refractivity contribution in [2.45, 2.75) is 64.1 Å². The van der Waals surface area contributed by atoms with Gasteiger partial charge in [0, 0.05) is 24.8 Å². The van der Waals surface area contributed by atoms with Gasteiger partial charge in [0.2, 0.25) is 5.91 Å². The van der Waals surface area contributed by atoms with Crippen molar-refractivity contribution in [1.82, 2.24) is 14.5 Å². The number of hydrogen-bond acceptors (Lipinski definition) is 4. The summed E-state index contributed by atoms with van der Waals surface area (Å²) in [6.07, 6.45) is 5.14. The zero-order valence-electron chi connectivity index (χ0n) is 17.9. The van der Waals surface area contributed by atoms with Gasteiger partial charge in [0.05, 0.1) is 16.8 Å². The van der Waals surface area contributed by atoms with Crippen LogP contribution >= 0.6 is 0 Å². The minimum Gasteiger partial charge on any atom is -0.465 e. The molecular formula is C23H28N4O5. The smallest absolute Gasteiger partial charge is 0.404 e. The molecule has 9 heteroatoms. The topological polar surface area (TPSA) is 122 Å². The van der Waals surface area contributed by atoms with Crippen molar-refractivity contribution in [3.63, 3.8) is 0 Å².